The second-order valence-corrected chi connectivity index (χ2v) is 7.63. The first-order chi connectivity index (χ1) is 12.3. The maximum absolute atomic E-state index is 12.5. The van der Waals surface area contributed by atoms with E-state index in [0.29, 0.717) is 24.1 Å². The second kappa shape index (κ2) is 8.76. The van der Waals surface area contributed by atoms with Crippen LogP contribution in [-0.4, -0.2) is 30.3 Å². The Kier molecular flexibility index (Phi) is 6.69. The topological polar surface area (TPSA) is 72.5 Å². The number of rotatable bonds is 7. The third kappa shape index (κ3) is 5.26. The molecule has 1 amide bonds. The summed E-state index contributed by atoms with van der Waals surface area (Å²) in [6.07, 6.45) is -0.164. The molecule has 0 spiro atoms. The molecule has 0 aliphatic carbocycles. The summed E-state index contributed by atoms with van der Waals surface area (Å²) >= 11 is 1.53. The number of esters is 1. The molecule has 0 unspecified atom stereocenters. The number of thiophene rings is 1. The summed E-state index contributed by atoms with van der Waals surface area (Å²) in [5, 5.41) is 2.73. The average molecular weight is 373 g/mol. The fourth-order valence-corrected chi connectivity index (χ4v) is 3.48. The van der Waals surface area contributed by atoms with E-state index in [-0.39, 0.29) is 11.7 Å². The molecule has 1 N–H and O–H groups in total. The van der Waals surface area contributed by atoms with Gasteiger partial charge in [0.1, 0.15) is 0 Å². The van der Waals surface area contributed by atoms with Gasteiger partial charge in [0.15, 0.2) is 6.10 Å². The Bertz CT molecular complexity index is 808. The number of benzene rings is 1. The van der Waals surface area contributed by atoms with Crippen LogP contribution in [0.5, 0.6) is 0 Å². The van der Waals surface area contributed by atoms with Crippen molar-refractivity contribution in [2.24, 2.45) is 0 Å². The molecular formula is C20H23NO4S. The van der Waals surface area contributed by atoms with Crippen molar-refractivity contribution in [3.05, 3.63) is 56.8 Å². The van der Waals surface area contributed by atoms with Gasteiger partial charge >= 0.3 is 5.97 Å². The molecule has 138 valence electrons. The predicted octanol–water partition coefficient (Wildman–Crippen LogP) is 3.47. The molecule has 5 nitrogen and oxygen atoms in total. The first kappa shape index (κ1) is 19.8. The number of amides is 1. The van der Waals surface area contributed by atoms with Crippen molar-refractivity contribution in [3.63, 3.8) is 0 Å². The number of hydrogen-bond donors (Lipinski definition) is 1. The third-order valence-corrected chi connectivity index (χ3v) is 4.91. The van der Waals surface area contributed by atoms with Gasteiger partial charge in [0, 0.05) is 28.8 Å². The van der Waals surface area contributed by atoms with Gasteiger partial charge in [0.05, 0.1) is 5.56 Å². The van der Waals surface area contributed by atoms with E-state index in [1.165, 1.54) is 18.3 Å². The van der Waals surface area contributed by atoms with Gasteiger partial charge in [-0.15, -0.1) is 11.3 Å². The number of hydrogen-bond acceptors (Lipinski definition) is 5. The first-order valence-electron chi connectivity index (χ1n) is 8.43. The van der Waals surface area contributed by atoms with Crippen molar-refractivity contribution in [2.75, 3.05) is 6.54 Å². The Morgan fingerprint density at radius 2 is 1.81 bits per heavy atom. The quantitative estimate of drug-likeness (QED) is 0.596. The van der Waals surface area contributed by atoms with E-state index < -0.39 is 12.1 Å². The molecule has 6 heteroatoms. The molecule has 1 atom stereocenters. The third-order valence-electron chi connectivity index (χ3n) is 3.94. The molecule has 1 heterocycles. The molecule has 0 aliphatic rings. The summed E-state index contributed by atoms with van der Waals surface area (Å²) in [5.41, 5.74) is 2.02. The smallest absolute Gasteiger partial charge is 0.339 e. The van der Waals surface area contributed by atoms with Crippen LogP contribution in [0.15, 0.2) is 30.3 Å². The summed E-state index contributed by atoms with van der Waals surface area (Å²) in [4.78, 5) is 37.5. The predicted molar refractivity (Wildman–Crippen MR) is 102 cm³/mol. The van der Waals surface area contributed by atoms with Crippen molar-refractivity contribution in [1.29, 1.82) is 0 Å². The van der Waals surface area contributed by atoms with E-state index in [2.05, 4.69) is 5.32 Å². The van der Waals surface area contributed by atoms with E-state index in [0.717, 1.165) is 15.3 Å². The van der Waals surface area contributed by atoms with Gasteiger partial charge in [0.2, 0.25) is 11.7 Å². The van der Waals surface area contributed by atoms with E-state index in [1.807, 2.05) is 26.0 Å². The van der Waals surface area contributed by atoms with Crippen LogP contribution in [0.2, 0.25) is 0 Å². The van der Waals surface area contributed by atoms with Gasteiger partial charge in [-0.3, -0.25) is 9.59 Å². The molecule has 1 aromatic carbocycles. The lowest BCUT2D eigenvalue weighted by Crippen LogP contribution is -2.24. The first-order valence-corrected chi connectivity index (χ1v) is 9.25. The SMILES string of the molecule is CC(=O)NCCc1ccc(C(=O)[C@@H](C)OC(=O)c2cc(C)sc2C)cc1. The van der Waals surface area contributed by atoms with Gasteiger partial charge < -0.3 is 10.1 Å². The second-order valence-electron chi connectivity index (χ2n) is 6.17. The summed E-state index contributed by atoms with van der Waals surface area (Å²) < 4.78 is 5.34. The Morgan fingerprint density at radius 1 is 1.15 bits per heavy atom. The van der Waals surface area contributed by atoms with Crippen molar-refractivity contribution in [2.45, 2.75) is 40.2 Å². The Balaban J connectivity index is 1.96. The van der Waals surface area contributed by atoms with E-state index >= 15 is 0 Å². The number of ketones is 1. The lowest BCUT2D eigenvalue weighted by Gasteiger charge is -2.12. The van der Waals surface area contributed by atoms with Crippen LogP contribution in [0.3, 0.4) is 0 Å². The normalized spacial score (nSPS) is 11.7. The van der Waals surface area contributed by atoms with Crippen LogP contribution in [-0.2, 0) is 16.0 Å². The number of carbonyl (C=O) groups is 3. The highest BCUT2D eigenvalue weighted by Gasteiger charge is 2.22. The largest absolute Gasteiger partial charge is 0.451 e. The number of carbonyl (C=O) groups excluding carboxylic acids is 3. The summed E-state index contributed by atoms with van der Waals surface area (Å²) in [6.45, 7) is 7.40. The Labute approximate surface area is 157 Å². The molecule has 26 heavy (non-hydrogen) atoms. The highest BCUT2D eigenvalue weighted by Crippen LogP contribution is 2.22. The van der Waals surface area contributed by atoms with Crippen molar-refractivity contribution >= 4 is 29.0 Å². The van der Waals surface area contributed by atoms with E-state index in [9.17, 15) is 14.4 Å². The lowest BCUT2D eigenvalue weighted by molar-refractivity contribution is -0.118. The molecule has 0 radical (unpaired) electrons. The molecule has 2 aromatic rings. The average Bonchev–Trinajstić information content (AvgIpc) is 2.93. The Hall–Kier alpha value is -2.47. The molecule has 2 rings (SSSR count). The minimum Gasteiger partial charge on any atom is -0.451 e. The van der Waals surface area contributed by atoms with Gasteiger partial charge in [-0.2, -0.15) is 0 Å². The zero-order valence-electron chi connectivity index (χ0n) is 15.4. The fraction of sp³-hybridized carbons (Fsp3) is 0.350. The van der Waals surface area contributed by atoms with Crippen LogP contribution in [0.25, 0.3) is 0 Å². The minimum absolute atomic E-state index is 0.0662. The van der Waals surface area contributed by atoms with Gasteiger partial charge in [0.25, 0.3) is 0 Å². The monoisotopic (exact) mass is 373 g/mol. The van der Waals surface area contributed by atoms with Crippen LogP contribution in [0.1, 0.15) is 49.9 Å². The molecule has 1 aromatic heterocycles. The maximum atomic E-state index is 12.5. The molecular weight excluding hydrogens is 350 g/mol. The highest BCUT2D eigenvalue weighted by molar-refractivity contribution is 7.12. The number of ether oxygens (including phenoxy) is 1. The molecule has 0 saturated carbocycles. The van der Waals surface area contributed by atoms with E-state index in [4.69, 9.17) is 4.74 Å². The summed E-state index contributed by atoms with van der Waals surface area (Å²) in [6, 6.07) is 8.90. The van der Waals surface area contributed by atoms with Crippen LogP contribution in [0.4, 0.5) is 0 Å². The van der Waals surface area contributed by atoms with Gasteiger partial charge in [-0.1, -0.05) is 24.3 Å². The minimum atomic E-state index is -0.854. The Morgan fingerprint density at radius 3 is 2.35 bits per heavy atom. The number of nitrogens with one attached hydrogen (secondary N) is 1. The van der Waals surface area contributed by atoms with Crippen LogP contribution < -0.4 is 5.32 Å². The number of Topliss-reactive ketones (excluding diaryl/α,β-unsaturated/α-hetero) is 1. The molecule has 0 fully saturated rings. The van der Waals surface area contributed by atoms with Crippen molar-refractivity contribution < 1.29 is 19.1 Å². The van der Waals surface area contributed by atoms with Crippen LogP contribution >= 0.6 is 11.3 Å². The summed E-state index contributed by atoms with van der Waals surface area (Å²) in [7, 11) is 0. The van der Waals surface area contributed by atoms with Crippen LogP contribution in [0, 0.1) is 13.8 Å². The van der Waals surface area contributed by atoms with Crippen molar-refractivity contribution in [1.82, 2.24) is 5.32 Å². The van der Waals surface area contributed by atoms with Crippen molar-refractivity contribution in [3.8, 4) is 0 Å². The van der Waals surface area contributed by atoms with E-state index in [1.54, 1.807) is 25.1 Å². The lowest BCUT2D eigenvalue weighted by atomic mass is 10.0. The zero-order valence-corrected chi connectivity index (χ0v) is 16.2. The zero-order chi connectivity index (χ0) is 19.3. The van der Waals surface area contributed by atoms with Gasteiger partial charge in [-0.05, 0) is 38.8 Å². The molecule has 0 aliphatic heterocycles. The maximum Gasteiger partial charge on any atom is 0.339 e. The molecule has 0 saturated heterocycles. The number of aryl methyl sites for hydroxylation is 2. The van der Waals surface area contributed by atoms with Gasteiger partial charge in [-0.25, -0.2) is 4.79 Å². The summed E-state index contributed by atoms with van der Waals surface area (Å²) in [5.74, 6) is -0.778. The standard InChI is InChI=1S/C20H23NO4S/c1-12-11-18(14(3)26-12)20(24)25-13(2)19(23)17-7-5-16(6-8-17)9-10-21-15(4)22/h5-8,11,13H,9-10H2,1-4H3,(H,21,22)/t13-/m1/s1. The molecule has 0 bridgehead atoms. The fourth-order valence-electron chi connectivity index (χ4n) is 2.56. The highest BCUT2D eigenvalue weighted by atomic mass is 32.1.